The quantitative estimate of drug-likeness (QED) is 0.638. The van der Waals surface area contributed by atoms with Crippen LogP contribution in [0.1, 0.15) is 50.1 Å². The van der Waals surface area contributed by atoms with Gasteiger partial charge in [-0.2, -0.15) is 0 Å². The van der Waals surface area contributed by atoms with Crippen LogP contribution in [0.2, 0.25) is 0 Å². The van der Waals surface area contributed by atoms with Gasteiger partial charge in [-0.1, -0.05) is 30.3 Å². The van der Waals surface area contributed by atoms with E-state index in [4.69, 9.17) is 4.74 Å². The molecule has 4 saturated carbocycles. The van der Waals surface area contributed by atoms with Crippen molar-refractivity contribution in [1.82, 2.24) is 0 Å². The summed E-state index contributed by atoms with van der Waals surface area (Å²) in [7, 11) is 1.68. The number of β-lactam (4-membered cyclic amide) rings is 1. The molecular formula is C26H29NO2. The van der Waals surface area contributed by atoms with E-state index in [1.54, 1.807) is 7.11 Å². The second-order valence-corrected chi connectivity index (χ2v) is 10.0. The smallest absolute Gasteiger partial charge is 0.233 e. The Kier molecular flexibility index (Phi) is 3.85. The number of ether oxygens (including phenoxy) is 1. The Hall–Kier alpha value is -2.29. The van der Waals surface area contributed by atoms with Crippen molar-refractivity contribution in [3.05, 3.63) is 60.2 Å². The van der Waals surface area contributed by atoms with Gasteiger partial charge in [-0.3, -0.25) is 4.79 Å². The number of amides is 1. The number of rotatable bonds is 4. The van der Waals surface area contributed by atoms with Crippen LogP contribution >= 0.6 is 0 Å². The average molecular weight is 388 g/mol. The van der Waals surface area contributed by atoms with E-state index >= 15 is 0 Å². The third kappa shape index (κ3) is 2.59. The maximum Gasteiger partial charge on any atom is 0.233 e. The molecule has 0 aromatic heterocycles. The molecule has 2 aromatic rings. The number of methoxy groups -OCH3 is 1. The standard InChI is InChI=1S/C26H29NO2/c1-29-22-9-7-21(8-10-22)27-24(20-5-3-2-4-6-20)23(25(27)28)26-14-17-11-18(15-26)13-19(12-17)16-26/h2-10,17-19,23-24H,11-16H2,1H3/t17?,18?,19?,23-,24-,26?/m1/s1. The first kappa shape index (κ1) is 17.6. The molecule has 1 aliphatic heterocycles. The maximum absolute atomic E-state index is 13.7. The number of hydrogen-bond donors (Lipinski definition) is 0. The molecule has 1 heterocycles. The fourth-order valence-corrected chi connectivity index (χ4v) is 7.67. The van der Waals surface area contributed by atoms with Gasteiger partial charge in [0.05, 0.1) is 19.1 Å². The predicted molar refractivity (Wildman–Crippen MR) is 114 cm³/mol. The van der Waals surface area contributed by atoms with Crippen LogP contribution in [0.4, 0.5) is 5.69 Å². The first-order valence-electron chi connectivity index (χ1n) is 11.2. The molecule has 0 unspecified atom stereocenters. The van der Waals surface area contributed by atoms with Crippen LogP contribution in [0, 0.1) is 29.1 Å². The number of anilines is 1. The lowest BCUT2D eigenvalue weighted by molar-refractivity contribution is -0.153. The Morgan fingerprint density at radius 3 is 2.00 bits per heavy atom. The van der Waals surface area contributed by atoms with Crippen molar-refractivity contribution in [2.24, 2.45) is 29.1 Å². The number of carbonyl (C=O) groups excluding carboxylic acids is 1. The molecule has 0 spiro atoms. The normalized spacial score (nSPS) is 37.5. The fraction of sp³-hybridized carbons (Fsp3) is 0.500. The highest BCUT2D eigenvalue weighted by atomic mass is 16.5. The first-order valence-corrected chi connectivity index (χ1v) is 11.2. The zero-order chi connectivity index (χ0) is 19.6. The molecule has 7 rings (SSSR count). The summed E-state index contributed by atoms with van der Waals surface area (Å²) in [5, 5.41) is 0. The maximum atomic E-state index is 13.7. The fourth-order valence-electron chi connectivity index (χ4n) is 7.67. The lowest BCUT2D eigenvalue weighted by Crippen LogP contribution is -2.65. The van der Waals surface area contributed by atoms with Gasteiger partial charge >= 0.3 is 0 Å². The van der Waals surface area contributed by atoms with Crippen LogP contribution in [-0.2, 0) is 4.79 Å². The minimum atomic E-state index is 0.139. The molecule has 5 fully saturated rings. The summed E-state index contributed by atoms with van der Waals surface area (Å²) in [5.41, 5.74) is 2.50. The summed E-state index contributed by atoms with van der Waals surface area (Å²) in [6, 6.07) is 18.9. The van der Waals surface area contributed by atoms with Crippen LogP contribution in [0.25, 0.3) is 0 Å². The molecule has 2 aromatic carbocycles. The summed E-state index contributed by atoms with van der Waals surface area (Å²) in [4.78, 5) is 15.8. The third-order valence-electron chi connectivity index (χ3n) is 8.33. The van der Waals surface area contributed by atoms with Crippen molar-refractivity contribution in [3.63, 3.8) is 0 Å². The van der Waals surface area contributed by atoms with Crippen molar-refractivity contribution in [2.45, 2.75) is 44.6 Å². The third-order valence-corrected chi connectivity index (χ3v) is 8.33. The molecule has 1 saturated heterocycles. The first-order chi connectivity index (χ1) is 14.2. The summed E-state index contributed by atoms with van der Waals surface area (Å²) in [6.07, 6.45) is 8.06. The van der Waals surface area contributed by atoms with E-state index in [-0.39, 0.29) is 17.4 Å². The van der Waals surface area contributed by atoms with E-state index in [2.05, 4.69) is 35.2 Å². The van der Waals surface area contributed by atoms with Crippen LogP contribution in [0.3, 0.4) is 0 Å². The second kappa shape index (κ2) is 6.35. The van der Waals surface area contributed by atoms with Gasteiger partial charge < -0.3 is 9.64 Å². The molecule has 3 nitrogen and oxygen atoms in total. The Morgan fingerprint density at radius 2 is 1.45 bits per heavy atom. The Labute approximate surface area is 173 Å². The van der Waals surface area contributed by atoms with E-state index in [9.17, 15) is 4.79 Å². The average Bonchev–Trinajstić information content (AvgIpc) is 2.72. The molecule has 150 valence electrons. The van der Waals surface area contributed by atoms with Crippen molar-refractivity contribution in [3.8, 4) is 5.75 Å². The highest BCUT2D eigenvalue weighted by Crippen LogP contribution is 2.67. The molecule has 5 aliphatic rings. The zero-order valence-electron chi connectivity index (χ0n) is 17.1. The minimum Gasteiger partial charge on any atom is -0.497 e. The van der Waals surface area contributed by atoms with Gasteiger partial charge in [-0.15, -0.1) is 0 Å². The number of benzene rings is 2. The Bertz CT molecular complexity index is 884. The van der Waals surface area contributed by atoms with Gasteiger partial charge in [-0.25, -0.2) is 0 Å². The topological polar surface area (TPSA) is 29.5 Å². The number of nitrogens with zero attached hydrogens (tertiary/aromatic N) is 1. The molecule has 3 heteroatoms. The lowest BCUT2D eigenvalue weighted by atomic mass is 9.44. The highest BCUT2D eigenvalue weighted by molar-refractivity contribution is 6.04. The zero-order valence-corrected chi connectivity index (χ0v) is 17.1. The lowest BCUT2D eigenvalue weighted by Gasteiger charge is -2.64. The van der Waals surface area contributed by atoms with Crippen LogP contribution in [-0.4, -0.2) is 13.0 Å². The van der Waals surface area contributed by atoms with E-state index in [1.165, 1.54) is 44.1 Å². The summed E-state index contributed by atoms with van der Waals surface area (Å²) in [6.45, 7) is 0. The van der Waals surface area contributed by atoms with E-state index in [0.29, 0.717) is 5.91 Å². The molecule has 29 heavy (non-hydrogen) atoms. The highest BCUT2D eigenvalue weighted by Gasteiger charge is 2.63. The molecule has 2 atom stereocenters. The van der Waals surface area contributed by atoms with E-state index in [1.807, 2.05) is 24.3 Å². The molecular weight excluding hydrogens is 358 g/mol. The van der Waals surface area contributed by atoms with E-state index < -0.39 is 0 Å². The molecule has 1 amide bonds. The van der Waals surface area contributed by atoms with Gasteiger partial charge in [0.15, 0.2) is 0 Å². The Morgan fingerprint density at radius 1 is 0.862 bits per heavy atom. The SMILES string of the molecule is COc1ccc(N2C(=O)[C@H](C34CC5CC(CC(C5)C3)C4)[C@H]2c2ccccc2)cc1. The minimum absolute atomic E-state index is 0.139. The molecule has 4 aliphatic carbocycles. The van der Waals surface area contributed by atoms with Gasteiger partial charge in [-0.05, 0) is 91.5 Å². The monoisotopic (exact) mass is 387 g/mol. The summed E-state index contributed by atoms with van der Waals surface area (Å²) in [5.74, 6) is 3.89. The number of carbonyl (C=O) groups is 1. The van der Waals surface area contributed by atoms with E-state index in [0.717, 1.165) is 29.2 Å². The van der Waals surface area contributed by atoms with Gasteiger partial charge in [0.25, 0.3) is 0 Å². The van der Waals surface area contributed by atoms with Gasteiger partial charge in [0, 0.05) is 5.69 Å². The van der Waals surface area contributed by atoms with Crippen LogP contribution in [0.15, 0.2) is 54.6 Å². The Balaban J connectivity index is 1.40. The van der Waals surface area contributed by atoms with Gasteiger partial charge in [0.2, 0.25) is 5.91 Å². The van der Waals surface area contributed by atoms with Crippen LogP contribution in [0.5, 0.6) is 5.75 Å². The molecule has 4 bridgehead atoms. The summed E-state index contributed by atoms with van der Waals surface area (Å²) >= 11 is 0. The van der Waals surface area contributed by atoms with Crippen molar-refractivity contribution >= 4 is 11.6 Å². The van der Waals surface area contributed by atoms with Crippen molar-refractivity contribution in [2.75, 3.05) is 12.0 Å². The van der Waals surface area contributed by atoms with Crippen molar-refractivity contribution in [1.29, 1.82) is 0 Å². The van der Waals surface area contributed by atoms with Crippen molar-refractivity contribution < 1.29 is 9.53 Å². The van der Waals surface area contributed by atoms with Crippen LogP contribution < -0.4 is 9.64 Å². The second-order valence-electron chi connectivity index (χ2n) is 10.0. The molecule has 0 N–H and O–H groups in total. The summed E-state index contributed by atoms with van der Waals surface area (Å²) < 4.78 is 5.32. The number of hydrogen-bond acceptors (Lipinski definition) is 2. The predicted octanol–water partition coefficient (Wildman–Crippen LogP) is 5.62. The van der Waals surface area contributed by atoms with Gasteiger partial charge in [0.1, 0.15) is 5.75 Å². The largest absolute Gasteiger partial charge is 0.497 e. The molecule has 0 radical (unpaired) electrons.